The number of nitrogens with zero attached hydrogens (tertiary/aromatic N) is 2. The van der Waals surface area contributed by atoms with Crippen LogP contribution in [0.4, 0.5) is 34.1 Å². The molecule has 2 aromatic heterocycles. The first-order chi connectivity index (χ1) is 32.8. The average molecular weight is 903 g/mol. The van der Waals surface area contributed by atoms with Crippen LogP contribution in [-0.2, 0) is 11.8 Å². The highest BCUT2D eigenvalue weighted by Gasteiger charge is 2.42. The van der Waals surface area contributed by atoms with Gasteiger partial charge in [0.15, 0.2) is 0 Å². The molecular formula is C63H54N2S2. The van der Waals surface area contributed by atoms with Gasteiger partial charge in [-0.2, -0.15) is 0 Å². The molecule has 14 rings (SSSR count). The zero-order chi connectivity index (χ0) is 45.3. The van der Waals surface area contributed by atoms with Gasteiger partial charge in [-0.05, 0) is 153 Å². The first kappa shape index (κ1) is 40.8. The number of allylic oxidation sites excluding steroid dienone is 1. The minimum atomic E-state index is -0.00665. The minimum absolute atomic E-state index is 0.00665. The Hall–Kier alpha value is -6.46. The van der Waals surface area contributed by atoms with E-state index in [9.17, 15) is 0 Å². The molecule has 2 heterocycles. The SMILES string of the molecule is CC.CC(C)c1cc(N(c2ccccc2)c2cccc3c2sc2ccccc23)c2cc3c4c(cc(N(c5ccccc5)c5cccc6c7c(sc56)C=CC5CC75)c5ccc1c2c54)CCC3(C)C. The van der Waals surface area contributed by atoms with Crippen LogP contribution in [0.15, 0.2) is 158 Å². The van der Waals surface area contributed by atoms with Crippen LogP contribution >= 0.6 is 22.7 Å². The number of anilines is 6. The molecule has 2 atom stereocenters. The van der Waals surface area contributed by atoms with Crippen molar-refractivity contribution in [2.75, 3.05) is 9.80 Å². The van der Waals surface area contributed by atoms with E-state index in [1.54, 1.807) is 5.56 Å². The molecule has 328 valence electrons. The molecule has 3 aliphatic carbocycles. The van der Waals surface area contributed by atoms with Gasteiger partial charge in [0, 0.05) is 47.9 Å². The van der Waals surface area contributed by atoms with E-state index in [4.69, 9.17) is 0 Å². The predicted octanol–water partition coefficient (Wildman–Crippen LogP) is 19.6. The minimum Gasteiger partial charge on any atom is -0.308 e. The van der Waals surface area contributed by atoms with Crippen LogP contribution in [0.5, 0.6) is 0 Å². The maximum absolute atomic E-state index is 2.62. The Morgan fingerprint density at radius 1 is 0.552 bits per heavy atom. The lowest BCUT2D eigenvalue weighted by atomic mass is 9.70. The van der Waals surface area contributed by atoms with Gasteiger partial charge in [-0.15, -0.1) is 22.7 Å². The first-order valence-electron chi connectivity index (χ1n) is 24.5. The largest absolute Gasteiger partial charge is 0.308 e. The van der Waals surface area contributed by atoms with Crippen molar-refractivity contribution in [1.82, 2.24) is 0 Å². The van der Waals surface area contributed by atoms with Gasteiger partial charge in [-0.25, -0.2) is 0 Å². The van der Waals surface area contributed by atoms with Crippen molar-refractivity contribution in [2.45, 2.75) is 78.1 Å². The van der Waals surface area contributed by atoms with Crippen molar-refractivity contribution < 1.29 is 0 Å². The summed E-state index contributed by atoms with van der Waals surface area (Å²) < 4.78 is 4.02. The molecule has 0 spiro atoms. The quantitative estimate of drug-likeness (QED) is 0.147. The van der Waals surface area contributed by atoms with Gasteiger partial charge in [0.25, 0.3) is 0 Å². The monoisotopic (exact) mass is 902 g/mol. The number of hydrogen-bond acceptors (Lipinski definition) is 4. The molecule has 1 saturated carbocycles. The second-order valence-corrected chi connectivity index (χ2v) is 21.9. The number of benzene rings is 9. The maximum Gasteiger partial charge on any atom is 0.0640 e. The second-order valence-electron chi connectivity index (χ2n) is 19.8. The van der Waals surface area contributed by atoms with Crippen LogP contribution in [0.2, 0.25) is 0 Å². The van der Waals surface area contributed by atoms with E-state index in [0.29, 0.717) is 17.8 Å². The number of para-hydroxylation sites is 2. The second kappa shape index (κ2) is 15.3. The molecule has 0 N–H and O–H groups in total. The molecule has 0 aliphatic heterocycles. The molecule has 2 unspecified atom stereocenters. The third-order valence-corrected chi connectivity index (χ3v) is 17.7. The van der Waals surface area contributed by atoms with Crippen LogP contribution in [0.3, 0.4) is 0 Å². The number of rotatable bonds is 7. The van der Waals surface area contributed by atoms with Gasteiger partial charge in [0.05, 0.1) is 32.1 Å². The highest BCUT2D eigenvalue weighted by atomic mass is 32.1. The number of thiophene rings is 2. The third kappa shape index (κ3) is 6.05. The molecule has 9 aromatic carbocycles. The van der Waals surface area contributed by atoms with E-state index in [1.807, 2.05) is 36.5 Å². The highest BCUT2D eigenvalue weighted by molar-refractivity contribution is 7.26. The standard InChI is InChI=1S/C61H48N2S2.C2H6/c1-35(2)45-34-52(63(39-17-9-6-10-18-39)49-22-13-20-42-40-19-11-12-24-53(40)64-59(42)49)47-33-48-55-37(29-30-61(48,3)4)32-51(43-27-26-41(45)57(47)58(43)55)62(38-15-7-5-8-16-38)50-23-14-21-44-56-46-31-36(46)25-28-54(56)65-60(44)50;1-2/h5-28,32-36,46H,29-31H2,1-4H3;1-2H3. The normalized spacial score (nSPS) is 16.8. The van der Waals surface area contributed by atoms with Crippen molar-refractivity contribution in [3.8, 4) is 0 Å². The van der Waals surface area contributed by atoms with Crippen LogP contribution in [0.25, 0.3) is 68.7 Å². The Morgan fingerprint density at radius 2 is 1.18 bits per heavy atom. The number of fused-ring (bicyclic) bond motifs is 8. The molecule has 1 fully saturated rings. The van der Waals surface area contributed by atoms with Crippen molar-refractivity contribution in [3.05, 3.63) is 185 Å². The first-order valence-corrected chi connectivity index (χ1v) is 26.1. The van der Waals surface area contributed by atoms with Crippen molar-refractivity contribution >= 4 is 125 Å². The van der Waals surface area contributed by atoms with Crippen LogP contribution in [0.1, 0.15) is 93.4 Å². The summed E-state index contributed by atoms with van der Waals surface area (Å²) in [5.41, 5.74) is 13.3. The summed E-state index contributed by atoms with van der Waals surface area (Å²) in [5, 5.41) is 12.3. The summed E-state index contributed by atoms with van der Waals surface area (Å²) in [5.74, 6) is 1.67. The fourth-order valence-electron chi connectivity index (χ4n) is 12.0. The van der Waals surface area contributed by atoms with Crippen molar-refractivity contribution in [1.29, 1.82) is 0 Å². The molecular weight excluding hydrogens is 849 g/mol. The van der Waals surface area contributed by atoms with Crippen LogP contribution < -0.4 is 9.80 Å². The van der Waals surface area contributed by atoms with Gasteiger partial charge in [-0.3, -0.25) is 0 Å². The lowest BCUT2D eigenvalue weighted by Crippen LogP contribution is -2.24. The lowest BCUT2D eigenvalue weighted by molar-refractivity contribution is 0.475. The van der Waals surface area contributed by atoms with E-state index < -0.39 is 0 Å². The van der Waals surface area contributed by atoms with E-state index in [1.165, 1.54) is 125 Å². The highest BCUT2D eigenvalue weighted by Crippen LogP contribution is 2.60. The molecule has 0 radical (unpaired) electrons. The zero-order valence-corrected chi connectivity index (χ0v) is 40.8. The molecule has 0 amide bonds. The molecule has 0 saturated heterocycles. The van der Waals surface area contributed by atoms with E-state index >= 15 is 0 Å². The van der Waals surface area contributed by atoms with Crippen molar-refractivity contribution in [2.24, 2.45) is 5.92 Å². The summed E-state index contributed by atoms with van der Waals surface area (Å²) in [6.07, 6.45) is 8.30. The zero-order valence-electron chi connectivity index (χ0n) is 39.2. The summed E-state index contributed by atoms with van der Waals surface area (Å²) >= 11 is 3.90. The molecule has 4 heteroatoms. The Kier molecular flexibility index (Phi) is 9.30. The molecule has 3 aliphatic rings. The van der Waals surface area contributed by atoms with Crippen LogP contribution in [-0.4, -0.2) is 0 Å². The van der Waals surface area contributed by atoms with E-state index in [2.05, 4.69) is 201 Å². The topological polar surface area (TPSA) is 6.48 Å². The lowest BCUT2D eigenvalue weighted by Gasteiger charge is -2.37. The van der Waals surface area contributed by atoms with Crippen molar-refractivity contribution in [3.63, 3.8) is 0 Å². The fraction of sp³-hybridized carbons (Fsp3) is 0.206. The average Bonchev–Trinajstić information content (AvgIpc) is 3.90. The van der Waals surface area contributed by atoms with Crippen LogP contribution in [0, 0.1) is 5.92 Å². The summed E-state index contributed by atoms with van der Waals surface area (Å²) in [6, 6.07) is 57.9. The summed E-state index contributed by atoms with van der Waals surface area (Å²) in [6.45, 7) is 13.7. The molecule has 0 bridgehead atoms. The van der Waals surface area contributed by atoms with Gasteiger partial charge < -0.3 is 9.80 Å². The van der Waals surface area contributed by atoms with E-state index in [-0.39, 0.29) is 5.41 Å². The smallest absolute Gasteiger partial charge is 0.0640 e. The van der Waals surface area contributed by atoms with Gasteiger partial charge in [0.1, 0.15) is 0 Å². The number of aryl methyl sites for hydroxylation is 1. The summed E-state index contributed by atoms with van der Waals surface area (Å²) in [7, 11) is 0. The Bertz CT molecular complexity index is 3780. The Balaban J connectivity index is 0.00000220. The Labute approximate surface area is 401 Å². The van der Waals surface area contributed by atoms with Gasteiger partial charge in [-0.1, -0.05) is 139 Å². The fourth-order valence-corrected chi connectivity index (χ4v) is 14.5. The Morgan fingerprint density at radius 3 is 1.90 bits per heavy atom. The molecule has 67 heavy (non-hydrogen) atoms. The number of hydrogen-bond donors (Lipinski definition) is 0. The third-order valence-electron chi connectivity index (χ3n) is 15.3. The molecule has 11 aromatic rings. The summed E-state index contributed by atoms with van der Waals surface area (Å²) in [4.78, 5) is 6.65. The predicted molar refractivity (Wildman–Crippen MR) is 294 cm³/mol. The van der Waals surface area contributed by atoms with Gasteiger partial charge in [0.2, 0.25) is 0 Å². The van der Waals surface area contributed by atoms with E-state index in [0.717, 1.165) is 12.8 Å². The van der Waals surface area contributed by atoms with Gasteiger partial charge >= 0.3 is 0 Å². The molecule has 2 nitrogen and oxygen atoms in total. The maximum atomic E-state index is 2.62.